The Morgan fingerprint density at radius 1 is 0.875 bits per heavy atom. The van der Waals surface area contributed by atoms with E-state index in [1.165, 1.54) is 7.05 Å². The van der Waals surface area contributed by atoms with E-state index in [-0.39, 0.29) is 12.2 Å². The zero-order valence-electron chi connectivity index (χ0n) is 26.6. The van der Waals surface area contributed by atoms with E-state index in [1.807, 2.05) is 89.8 Å². The number of nitrogens with zero attached hydrogens (tertiary/aromatic N) is 2. The van der Waals surface area contributed by atoms with Crippen LogP contribution in [0.25, 0.3) is 33.4 Å². The zero-order chi connectivity index (χ0) is 33.5. The van der Waals surface area contributed by atoms with Gasteiger partial charge in [-0.2, -0.15) is 0 Å². The van der Waals surface area contributed by atoms with Gasteiger partial charge in [0.2, 0.25) is 5.36 Å². The second kappa shape index (κ2) is 14.5. The van der Waals surface area contributed by atoms with Gasteiger partial charge in [-0.25, -0.2) is 14.2 Å². The molecule has 0 spiro atoms. The number of ether oxygens (including phenoxy) is 1. The predicted octanol–water partition coefficient (Wildman–Crippen LogP) is 7.38. The number of amides is 1. The summed E-state index contributed by atoms with van der Waals surface area (Å²) in [6.45, 7) is 5.87. The predicted molar refractivity (Wildman–Crippen MR) is 189 cm³/mol. The molecule has 1 heterocycles. The van der Waals surface area contributed by atoms with E-state index in [4.69, 9.17) is 9.15 Å². The maximum atomic E-state index is 12.4. The fraction of sp³-hybridized carbons (Fsp3) is 0.125. The Balaban J connectivity index is 1.56. The van der Waals surface area contributed by atoms with Crippen molar-refractivity contribution < 1.29 is 23.8 Å². The van der Waals surface area contributed by atoms with Crippen LogP contribution in [0.15, 0.2) is 139 Å². The maximum absolute atomic E-state index is 12.4. The van der Waals surface area contributed by atoms with Gasteiger partial charge in [0, 0.05) is 53.5 Å². The van der Waals surface area contributed by atoms with Crippen LogP contribution in [0, 0.1) is 0 Å². The van der Waals surface area contributed by atoms with Crippen LogP contribution in [-0.2, 0) is 17.8 Å². The Labute approximate surface area is 278 Å². The lowest BCUT2D eigenvalue weighted by atomic mass is 9.90. The second-order valence-electron chi connectivity index (χ2n) is 11.3. The molecule has 0 atom stereocenters. The summed E-state index contributed by atoms with van der Waals surface area (Å²) in [4.78, 5) is 26.3. The van der Waals surface area contributed by atoms with Gasteiger partial charge in [-0.3, -0.25) is 0 Å². The average molecular weight is 639 g/mol. The highest BCUT2D eigenvalue weighted by Crippen LogP contribution is 2.42. The number of benzene rings is 5. The minimum Gasteiger partial charge on any atom is -0.478 e. The molecule has 0 bridgehead atoms. The molecule has 1 aliphatic carbocycles. The van der Waals surface area contributed by atoms with Crippen LogP contribution in [-0.4, -0.2) is 37.4 Å². The molecule has 48 heavy (non-hydrogen) atoms. The standard InChI is InChI=1S/C40H35N3O5/c1-3-42(26-28-12-6-4-7-13-28)30-18-20-34-36(24-30)48-37-25-31(19-21-35(37)38(34)32-16-10-11-17-33(32)39(44)45)43(22-23-47-40(46)41-2)27-29-14-8-5-9-15-29/h3-21,24-25H,1,22-23,26-27H2,2H3,(H-,41,44,45,46)/p+1. The van der Waals surface area contributed by atoms with Gasteiger partial charge in [0.05, 0.1) is 11.6 Å². The monoisotopic (exact) mass is 638 g/mol. The quantitative estimate of drug-likeness (QED) is 0.114. The van der Waals surface area contributed by atoms with Gasteiger partial charge < -0.3 is 24.5 Å². The molecule has 240 valence electrons. The van der Waals surface area contributed by atoms with Gasteiger partial charge >= 0.3 is 12.1 Å². The van der Waals surface area contributed by atoms with E-state index in [0.717, 1.165) is 38.7 Å². The zero-order valence-corrected chi connectivity index (χ0v) is 26.6. The van der Waals surface area contributed by atoms with Crippen LogP contribution >= 0.6 is 0 Å². The van der Waals surface area contributed by atoms with Gasteiger partial charge in [-0.05, 0) is 41.6 Å². The molecule has 0 radical (unpaired) electrons. The average Bonchev–Trinajstić information content (AvgIpc) is 3.12. The van der Waals surface area contributed by atoms with E-state index < -0.39 is 12.1 Å². The fourth-order valence-corrected chi connectivity index (χ4v) is 5.89. The molecular weight excluding hydrogens is 602 g/mol. The minimum atomic E-state index is -1.01. The van der Waals surface area contributed by atoms with Crippen LogP contribution in [0.2, 0.25) is 0 Å². The number of alkyl carbamates (subject to hydrolysis) is 1. The molecule has 2 N–H and O–H groups in total. The number of fused-ring (bicyclic) bond motifs is 2. The Bertz CT molecular complexity index is 2120. The van der Waals surface area contributed by atoms with E-state index in [9.17, 15) is 14.7 Å². The van der Waals surface area contributed by atoms with E-state index in [0.29, 0.717) is 36.5 Å². The normalized spacial score (nSPS) is 11.6. The molecular formula is C40H36N3O5+. The maximum Gasteiger partial charge on any atom is 0.407 e. The highest BCUT2D eigenvalue weighted by Gasteiger charge is 2.23. The molecule has 0 saturated heterocycles. The third kappa shape index (κ3) is 6.98. The Kier molecular flexibility index (Phi) is 9.62. The topological polar surface area (TPSA) is 95.0 Å². The highest BCUT2D eigenvalue weighted by atomic mass is 16.5. The molecule has 1 aliphatic heterocycles. The second-order valence-corrected chi connectivity index (χ2v) is 11.3. The number of hydrogen-bond acceptors (Lipinski definition) is 5. The number of carbonyl (C=O) groups is 2. The van der Waals surface area contributed by atoms with Crippen molar-refractivity contribution in [3.8, 4) is 22.5 Å². The lowest BCUT2D eigenvalue weighted by Gasteiger charge is -2.22. The number of nitrogens with one attached hydrogen (secondary N) is 1. The third-order valence-corrected chi connectivity index (χ3v) is 8.24. The summed E-state index contributed by atoms with van der Waals surface area (Å²) in [5.74, 6) is -0.419. The third-order valence-electron chi connectivity index (χ3n) is 8.24. The van der Waals surface area contributed by atoms with Crippen LogP contribution in [0.3, 0.4) is 0 Å². The summed E-state index contributed by atoms with van der Waals surface area (Å²) in [5, 5.41) is 14.3. The van der Waals surface area contributed by atoms with Crippen molar-refractivity contribution in [3.05, 3.63) is 156 Å². The van der Waals surface area contributed by atoms with Crippen molar-refractivity contribution in [1.82, 2.24) is 9.89 Å². The molecule has 0 fully saturated rings. The number of hydrogen-bond donors (Lipinski definition) is 2. The first-order chi connectivity index (χ1) is 23.4. The molecule has 0 unspecified atom stereocenters. The van der Waals surface area contributed by atoms with Gasteiger partial charge in [0.1, 0.15) is 11.3 Å². The van der Waals surface area contributed by atoms with Crippen molar-refractivity contribution in [2.75, 3.05) is 25.1 Å². The molecule has 0 aromatic heterocycles. The molecule has 1 amide bonds. The molecule has 6 rings (SSSR count). The summed E-state index contributed by atoms with van der Waals surface area (Å²) < 4.78 is 14.1. The lowest BCUT2D eigenvalue weighted by molar-refractivity contribution is 0.0697. The van der Waals surface area contributed by atoms with Gasteiger partial charge in [0.15, 0.2) is 19.7 Å². The molecule has 0 saturated carbocycles. The van der Waals surface area contributed by atoms with Gasteiger partial charge in [-0.1, -0.05) is 85.4 Å². The minimum absolute atomic E-state index is 0.179. The lowest BCUT2D eigenvalue weighted by Crippen LogP contribution is -2.34. The van der Waals surface area contributed by atoms with Crippen molar-refractivity contribution >= 4 is 28.7 Å². The number of carboxylic acid groups (broad SMARTS) is 1. The van der Waals surface area contributed by atoms with Gasteiger partial charge in [0.25, 0.3) is 0 Å². The van der Waals surface area contributed by atoms with Crippen LogP contribution < -0.4 is 20.1 Å². The number of rotatable bonds is 11. The smallest absolute Gasteiger partial charge is 0.407 e. The summed E-state index contributed by atoms with van der Waals surface area (Å²) in [5.41, 5.74) is 6.06. The molecule has 4 aromatic rings. The van der Waals surface area contributed by atoms with E-state index in [2.05, 4.69) is 40.7 Å². The molecule has 2 aliphatic rings. The van der Waals surface area contributed by atoms with Crippen molar-refractivity contribution in [1.29, 1.82) is 0 Å². The van der Waals surface area contributed by atoms with E-state index >= 15 is 0 Å². The number of anilines is 1. The SMILES string of the molecule is C=CN(Cc1ccccc1)c1ccc2c(-c3ccccc3C(=O)O)c3cc/c(=[N+](\CCOC(=O)NC)Cc4ccccc4)cc-3oc2c1. The van der Waals surface area contributed by atoms with Gasteiger partial charge in [-0.15, -0.1) is 0 Å². The van der Waals surface area contributed by atoms with Crippen molar-refractivity contribution in [2.24, 2.45) is 0 Å². The summed E-state index contributed by atoms with van der Waals surface area (Å²) in [7, 11) is 1.53. The largest absolute Gasteiger partial charge is 0.478 e. The Morgan fingerprint density at radius 2 is 1.58 bits per heavy atom. The highest BCUT2D eigenvalue weighted by molar-refractivity contribution is 6.07. The van der Waals surface area contributed by atoms with Crippen molar-refractivity contribution in [2.45, 2.75) is 13.1 Å². The van der Waals surface area contributed by atoms with Crippen molar-refractivity contribution in [3.63, 3.8) is 0 Å². The summed E-state index contributed by atoms with van der Waals surface area (Å²) in [6, 6.07) is 39.1. The first-order valence-electron chi connectivity index (χ1n) is 15.7. The first-order valence-corrected chi connectivity index (χ1v) is 15.7. The molecule has 4 aromatic carbocycles. The number of carbonyl (C=O) groups excluding carboxylic acids is 1. The number of aromatic carboxylic acids is 1. The van der Waals surface area contributed by atoms with Crippen LogP contribution in [0.1, 0.15) is 21.5 Å². The molecule has 8 heteroatoms. The van der Waals surface area contributed by atoms with Crippen LogP contribution in [0.4, 0.5) is 10.5 Å². The Morgan fingerprint density at radius 3 is 2.29 bits per heavy atom. The molecule has 8 nitrogen and oxygen atoms in total. The summed E-state index contributed by atoms with van der Waals surface area (Å²) >= 11 is 0. The number of carboxylic acids is 1. The Hall–Kier alpha value is -6.15. The summed E-state index contributed by atoms with van der Waals surface area (Å²) in [6.07, 6.45) is 1.30. The van der Waals surface area contributed by atoms with E-state index in [1.54, 1.807) is 18.3 Å². The van der Waals surface area contributed by atoms with Crippen LogP contribution in [0.5, 0.6) is 0 Å². The fourth-order valence-electron chi connectivity index (χ4n) is 5.89. The first kappa shape index (κ1) is 31.8.